The first kappa shape index (κ1) is 15.6. The zero-order valence-electron chi connectivity index (χ0n) is 10.7. The number of nitrogens with zero attached hydrogens (tertiary/aromatic N) is 1. The maximum Gasteiger partial charge on any atom is 0.305 e. The van der Waals surface area contributed by atoms with Crippen LogP contribution in [-0.4, -0.2) is 16.9 Å². The molecule has 0 aliphatic rings. The number of carbonyl (C=O) groups excluding carboxylic acids is 1. The number of carbonyl (C=O) groups is 1. The van der Waals surface area contributed by atoms with Gasteiger partial charge in [-0.15, -0.1) is 12.3 Å². The van der Waals surface area contributed by atoms with Crippen LogP contribution in [0.1, 0.15) is 30.1 Å². The lowest BCUT2D eigenvalue weighted by molar-refractivity contribution is -0.387. The van der Waals surface area contributed by atoms with E-state index < -0.39 is 39.8 Å². The van der Waals surface area contributed by atoms with Crippen LogP contribution in [0.3, 0.4) is 0 Å². The highest BCUT2D eigenvalue weighted by atomic mass is 19.1. The van der Waals surface area contributed by atoms with Gasteiger partial charge in [0.25, 0.3) is 5.91 Å². The van der Waals surface area contributed by atoms with E-state index in [-0.39, 0.29) is 6.42 Å². The van der Waals surface area contributed by atoms with E-state index in [2.05, 4.69) is 11.2 Å². The Morgan fingerprint density at radius 2 is 2.20 bits per heavy atom. The third-order valence-electron chi connectivity index (χ3n) is 2.69. The van der Waals surface area contributed by atoms with E-state index in [9.17, 15) is 23.7 Å². The molecule has 0 saturated heterocycles. The molecule has 0 spiro atoms. The number of benzene rings is 1. The Balaban J connectivity index is 3.13. The van der Waals surface area contributed by atoms with E-state index in [1.807, 2.05) is 0 Å². The third-order valence-corrected chi connectivity index (χ3v) is 2.69. The maximum absolute atomic E-state index is 13.8. The van der Waals surface area contributed by atoms with Crippen LogP contribution in [0.2, 0.25) is 0 Å². The van der Waals surface area contributed by atoms with Gasteiger partial charge in [0, 0.05) is 18.5 Å². The van der Waals surface area contributed by atoms with Gasteiger partial charge < -0.3 is 5.32 Å². The summed E-state index contributed by atoms with van der Waals surface area (Å²) in [6, 6.07) is 0.893. The molecule has 1 rings (SSSR count). The number of nitrogens with one attached hydrogen (secondary N) is 1. The second-order valence-electron chi connectivity index (χ2n) is 4.00. The predicted molar refractivity (Wildman–Crippen MR) is 68.0 cm³/mol. The van der Waals surface area contributed by atoms with Gasteiger partial charge in [-0.25, -0.2) is 4.39 Å². The molecule has 1 aromatic carbocycles. The zero-order valence-corrected chi connectivity index (χ0v) is 10.7. The smallest absolute Gasteiger partial charge is 0.305 e. The summed E-state index contributed by atoms with van der Waals surface area (Å²) in [5.41, 5.74) is -1.93. The number of terminal acetylenes is 1. The van der Waals surface area contributed by atoms with Crippen LogP contribution < -0.4 is 5.32 Å². The number of rotatable bonds is 5. The van der Waals surface area contributed by atoms with E-state index in [0.717, 1.165) is 0 Å². The fourth-order valence-corrected chi connectivity index (χ4v) is 1.59. The van der Waals surface area contributed by atoms with E-state index >= 15 is 0 Å². The Bertz CT molecular complexity index is 582. The monoisotopic (exact) mass is 282 g/mol. The van der Waals surface area contributed by atoms with Crippen LogP contribution in [-0.2, 0) is 0 Å². The molecule has 0 saturated carbocycles. The Labute approximate surface area is 114 Å². The summed E-state index contributed by atoms with van der Waals surface area (Å²) in [5.74, 6) is -1.40. The quantitative estimate of drug-likeness (QED) is 0.512. The fourth-order valence-electron chi connectivity index (χ4n) is 1.59. The third kappa shape index (κ3) is 3.29. The summed E-state index contributed by atoms with van der Waals surface area (Å²) in [6.45, 7) is 1.74. The summed E-state index contributed by atoms with van der Waals surface area (Å²) in [4.78, 5) is 21.4. The van der Waals surface area contributed by atoms with Gasteiger partial charge >= 0.3 is 5.69 Å². The topological polar surface area (TPSA) is 72.2 Å². The molecule has 0 fully saturated rings. The van der Waals surface area contributed by atoms with Gasteiger partial charge in [0.1, 0.15) is 11.4 Å². The fraction of sp³-hybridized carbons (Fsp3) is 0.308. The van der Waals surface area contributed by atoms with Gasteiger partial charge in [-0.2, -0.15) is 4.39 Å². The molecule has 5 nitrogen and oxygen atoms in total. The predicted octanol–water partition coefficient (Wildman–Crippen LogP) is 2.40. The molecule has 0 bridgehead atoms. The molecule has 1 amide bonds. The maximum atomic E-state index is 13.8. The number of amides is 1. The minimum atomic E-state index is -1.50. The Kier molecular flexibility index (Phi) is 5.15. The molecule has 1 atom stereocenters. The molecule has 1 unspecified atom stereocenters. The van der Waals surface area contributed by atoms with Gasteiger partial charge in [-0.3, -0.25) is 14.9 Å². The average Bonchev–Trinajstić information content (AvgIpc) is 2.37. The molecular formula is C13H12F2N2O3. The molecule has 0 aliphatic heterocycles. The number of halogens is 2. The molecular weight excluding hydrogens is 270 g/mol. The second-order valence-corrected chi connectivity index (χ2v) is 4.00. The summed E-state index contributed by atoms with van der Waals surface area (Å²) in [7, 11) is 0. The van der Waals surface area contributed by atoms with Crippen molar-refractivity contribution in [1.82, 2.24) is 5.32 Å². The van der Waals surface area contributed by atoms with Crippen molar-refractivity contribution in [3.63, 3.8) is 0 Å². The highest BCUT2D eigenvalue weighted by Gasteiger charge is 2.27. The molecule has 0 radical (unpaired) electrons. The van der Waals surface area contributed by atoms with Crippen LogP contribution in [0.5, 0.6) is 0 Å². The normalized spacial score (nSPS) is 11.5. The molecule has 0 aromatic heterocycles. The summed E-state index contributed by atoms with van der Waals surface area (Å²) in [6.07, 6.45) is 5.77. The lowest BCUT2D eigenvalue weighted by Crippen LogP contribution is -2.35. The number of nitro groups is 1. The second kappa shape index (κ2) is 6.61. The number of nitro benzene ring substituents is 1. The van der Waals surface area contributed by atoms with Crippen molar-refractivity contribution in [1.29, 1.82) is 0 Å². The SMILES string of the molecule is C#CCC(CC)NC(=O)c1c(F)ccc([N+](=O)[O-])c1F. The minimum Gasteiger partial charge on any atom is -0.348 e. The molecule has 106 valence electrons. The first-order valence-electron chi connectivity index (χ1n) is 5.79. The minimum absolute atomic E-state index is 0.195. The van der Waals surface area contributed by atoms with Crippen LogP contribution in [0, 0.1) is 34.1 Å². The number of hydrogen-bond donors (Lipinski definition) is 1. The van der Waals surface area contributed by atoms with E-state index in [4.69, 9.17) is 6.42 Å². The van der Waals surface area contributed by atoms with Gasteiger partial charge in [0.15, 0.2) is 0 Å². The van der Waals surface area contributed by atoms with E-state index in [0.29, 0.717) is 18.6 Å². The highest BCUT2D eigenvalue weighted by molar-refractivity contribution is 5.95. The standard InChI is InChI=1S/C13H12F2N2O3/c1-3-5-8(4-2)16-13(18)11-9(14)6-7-10(12(11)15)17(19)20/h1,6-8H,4-5H2,2H3,(H,16,18). The van der Waals surface area contributed by atoms with Crippen LogP contribution >= 0.6 is 0 Å². The molecule has 20 heavy (non-hydrogen) atoms. The van der Waals surface area contributed by atoms with Gasteiger partial charge in [-0.1, -0.05) is 6.92 Å². The van der Waals surface area contributed by atoms with E-state index in [1.165, 1.54) is 0 Å². The van der Waals surface area contributed by atoms with Crippen LogP contribution in [0.15, 0.2) is 12.1 Å². The van der Waals surface area contributed by atoms with Gasteiger partial charge in [0.2, 0.25) is 5.82 Å². The van der Waals surface area contributed by atoms with Crippen LogP contribution in [0.25, 0.3) is 0 Å². The van der Waals surface area contributed by atoms with E-state index in [1.54, 1.807) is 6.92 Å². The van der Waals surface area contributed by atoms with Crippen molar-refractivity contribution in [3.8, 4) is 12.3 Å². The highest BCUT2D eigenvalue weighted by Crippen LogP contribution is 2.23. The van der Waals surface area contributed by atoms with Crippen molar-refractivity contribution >= 4 is 11.6 Å². The van der Waals surface area contributed by atoms with Crippen molar-refractivity contribution in [2.24, 2.45) is 0 Å². The first-order valence-corrected chi connectivity index (χ1v) is 5.79. The number of hydrogen-bond acceptors (Lipinski definition) is 3. The van der Waals surface area contributed by atoms with Crippen molar-refractivity contribution in [3.05, 3.63) is 39.4 Å². The first-order chi connectivity index (χ1) is 9.42. The lowest BCUT2D eigenvalue weighted by atomic mass is 10.1. The largest absolute Gasteiger partial charge is 0.348 e. The molecule has 1 aromatic rings. The Morgan fingerprint density at radius 1 is 1.55 bits per heavy atom. The molecule has 0 heterocycles. The van der Waals surface area contributed by atoms with Crippen LogP contribution in [0.4, 0.5) is 14.5 Å². The lowest BCUT2D eigenvalue weighted by Gasteiger charge is -2.14. The summed E-state index contributed by atoms with van der Waals surface area (Å²) in [5, 5.41) is 12.9. The Hall–Kier alpha value is -2.49. The molecule has 0 aliphatic carbocycles. The molecule has 7 heteroatoms. The van der Waals surface area contributed by atoms with Gasteiger partial charge in [0.05, 0.1) is 4.92 Å². The van der Waals surface area contributed by atoms with Crippen molar-refractivity contribution in [2.75, 3.05) is 0 Å². The summed E-state index contributed by atoms with van der Waals surface area (Å²) >= 11 is 0. The average molecular weight is 282 g/mol. The van der Waals surface area contributed by atoms with Crippen molar-refractivity contribution in [2.45, 2.75) is 25.8 Å². The van der Waals surface area contributed by atoms with Gasteiger partial charge in [-0.05, 0) is 12.5 Å². The Morgan fingerprint density at radius 3 is 2.70 bits per heavy atom. The zero-order chi connectivity index (χ0) is 15.3. The van der Waals surface area contributed by atoms with Crippen molar-refractivity contribution < 1.29 is 18.5 Å². The summed E-state index contributed by atoms with van der Waals surface area (Å²) < 4.78 is 27.3. The molecule has 1 N–H and O–H groups in total.